The highest BCUT2D eigenvalue weighted by atomic mass is 16.1. The van der Waals surface area contributed by atoms with Gasteiger partial charge in [-0.3, -0.25) is 9.59 Å². The maximum absolute atomic E-state index is 10.8. The zero-order chi connectivity index (χ0) is 8.27. The number of hydrogen-bond acceptors (Lipinski definition) is 2. The highest BCUT2D eigenvalue weighted by Crippen LogP contribution is 2.07. The Balaban J connectivity index is 2.43. The highest BCUT2D eigenvalue weighted by molar-refractivity contribution is 5.91. The minimum Gasteiger partial charge on any atom is -0.353 e. The fraction of sp³-hybridized carbons (Fsp3) is 0.500. The van der Waals surface area contributed by atoms with Crippen LogP contribution >= 0.6 is 0 Å². The summed E-state index contributed by atoms with van der Waals surface area (Å²) in [4.78, 5) is 21.4. The van der Waals surface area contributed by atoms with E-state index in [1.54, 1.807) is 12.2 Å². The fourth-order valence-electron chi connectivity index (χ4n) is 1.16. The Labute approximate surface area is 65.5 Å². The summed E-state index contributed by atoms with van der Waals surface area (Å²) in [5.41, 5.74) is 0. The van der Waals surface area contributed by atoms with Crippen LogP contribution in [-0.4, -0.2) is 17.7 Å². The van der Waals surface area contributed by atoms with Gasteiger partial charge in [-0.05, 0) is 12.5 Å². The van der Waals surface area contributed by atoms with Crippen molar-refractivity contribution in [1.29, 1.82) is 0 Å². The van der Waals surface area contributed by atoms with E-state index in [1.807, 2.05) is 0 Å². The van der Waals surface area contributed by atoms with E-state index in [0.29, 0.717) is 6.42 Å². The Kier molecular flexibility index (Phi) is 2.41. The molecular formula is C8H11NO2. The molecule has 0 aromatic heterocycles. The first-order valence-corrected chi connectivity index (χ1v) is 3.65. The van der Waals surface area contributed by atoms with Gasteiger partial charge in [0.05, 0.1) is 0 Å². The fourth-order valence-corrected chi connectivity index (χ4v) is 1.16. The van der Waals surface area contributed by atoms with Gasteiger partial charge in [0, 0.05) is 19.4 Å². The molecule has 0 heterocycles. The van der Waals surface area contributed by atoms with Gasteiger partial charge in [-0.2, -0.15) is 0 Å². The Bertz CT molecular complexity index is 208. The molecule has 3 nitrogen and oxygen atoms in total. The molecule has 11 heavy (non-hydrogen) atoms. The molecule has 1 rings (SSSR count). The minimum absolute atomic E-state index is 0.0185. The number of ketones is 1. The zero-order valence-corrected chi connectivity index (χ0v) is 6.46. The van der Waals surface area contributed by atoms with Gasteiger partial charge in [-0.15, -0.1) is 0 Å². The van der Waals surface area contributed by atoms with Crippen LogP contribution in [0.25, 0.3) is 0 Å². The molecule has 0 aliphatic heterocycles. The van der Waals surface area contributed by atoms with Crippen molar-refractivity contribution < 1.29 is 9.59 Å². The topological polar surface area (TPSA) is 46.2 Å². The van der Waals surface area contributed by atoms with E-state index in [0.717, 1.165) is 6.42 Å². The van der Waals surface area contributed by atoms with E-state index in [-0.39, 0.29) is 17.7 Å². The smallest absolute Gasteiger partial charge is 0.217 e. The number of nitrogens with one attached hydrogen (secondary N) is 1. The summed E-state index contributed by atoms with van der Waals surface area (Å²) in [5.74, 6) is 0.0214. The Hall–Kier alpha value is -1.12. The Morgan fingerprint density at radius 2 is 2.45 bits per heavy atom. The molecule has 0 spiro atoms. The third-order valence-electron chi connectivity index (χ3n) is 1.58. The van der Waals surface area contributed by atoms with Crippen LogP contribution < -0.4 is 5.32 Å². The normalized spacial score (nSPS) is 23.4. The van der Waals surface area contributed by atoms with Crippen molar-refractivity contribution in [3.63, 3.8) is 0 Å². The first kappa shape index (κ1) is 7.98. The molecule has 1 aliphatic rings. The standard InChI is InChI=1S/C8H11NO2/c1-6(10)9-7-3-2-4-8(11)5-7/h2,4,7H,3,5H2,1H3,(H,9,10). The average molecular weight is 153 g/mol. The first-order valence-electron chi connectivity index (χ1n) is 3.65. The molecule has 60 valence electrons. The van der Waals surface area contributed by atoms with Crippen LogP contribution in [0.4, 0.5) is 0 Å². The van der Waals surface area contributed by atoms with E-state index in [2.05, 4.69) is 5.32 Å². The van der Waals surface area contributed by atoms with E-state index >= 15 is 0 Å². The predicted octanol–water partition coefficient (Wildman–Crippen LogP) is 0.410. The number of amides is 1. The van der Waals surface area contributed by atoms with Gasteiger partial charge in [0.1, 0.15) is 0 Å². The summed E-state index contributed by atoms with van der Waals surface area (Å²) in [6.45, 7) is 1.46. The van der Waals surface area contributed by atoms with Crippen LogP contribution in [-0.2, 0) is 9.59 Å². The van der Waals surface area contributed by atoms with Gasteiger partial charge < -0.3 is 5.32 Å². The number of hydrogen-bond donors (Lipinski definition) is 1. The third kappa shape index (κ3) is 2.53. The largest absolute Gasteiger partial charge is 0.353 e. The van der Waals surface area contributed by atoms with Gasteiger partial charge in [-0.1, -0.05) is 6.08 Å². The van der Waals surface area contributed by atoms with Crippen LogP contribution in [0.1, 0.15) is 19.8 Å². The van der Waals surface area contributed by atoms with Crippen molar-refractivity contribution in [2.75, 3.05) is 0 Å². The van der Waals surface area contributed by atoms with Gasteiger partial charge in [0.15, 0.2) is 5.78 Å². The molecule has 1 atom stereocenters. The second-order valence-corrected chi connectivity index (χ2v) is 2.71. The summed E-state index contributed by atoms with van der Waals surface area (Å²) in [7, 11) is 0. The van der Waals surface area contributed by atoms with Gasteiger partial charge in [0.25, 0.3) is 0 Å². The minimum atomic E-state index is -0.0712. The number of allylic oxidation sites excluding steroid dienone is 1. The van der Waals surface area contributed by atoms with Crippen molar-refractivity contribution in [3.8, 4) is 0 Å². The highest BCUT2D eigenvalue weighted by Gasteiger charge is 2.15. The molecule has 0 fully saturated rings. The Morgan fingerprint density at radius 1 is 1.73 bits per heavy atom. The second-order valence-electron chi connectivity index (χ2n) is 2.71. The molecule has 0 aromatic rings. The summed E-state index contributed by atoms with van der Waals surface area (Å²) < 4.78 is 0. The second kappa shape index (κ2) is 3.32. The maximum atomic E-state index is 10.8. The summed E-state index contributed by atoms with van der Waals surface area (Å²) in [6.07, 6.45) is 4.58. The molecule has 1 N–H and O–H groups in total. The van der Waals surface area contributed by atoms with Crippen LogP contribution in [0.3, 0.4) is 0 Å². The molecule has 0 saturated heterocycles. The van der Waals surface area contributed by atoms with Gasteiger partial charge >= 0.3 is 0 Å². The first-order chi connectivity index (χ1) is 5.18. The average Bonchev–Trinajstić information content (AvgIpc) is 1.85. The molecule has 0 bridgehead atoms. The van der Waals surface area contributed by atoms with Gasteiger partial charge in [-0.25, -0.2) is 0 Å². The van der Waals surface area contributed by atoms with E-state index in [4.69, 9.17) is 0 Å². The van der Waals surface area contributed by atoms with Crippen LogP contribution in [0.5, 0.6) is 0 Å². The lowest BCUT2D eigenvalue weighted by atomic mass is 10.0. The van der Waals surface area contributed by atoms with Crippen LogP contribution in [0.2, 0.25) is 0 Å². The third-order valence-corrected chi connectivity index (χ3v) is 1.58. The molecule has 0 saturated carbocycles. The van der Waals surface area contributed by atoms with Crippen LogP contribution in [0.15, 0.2) is 12.2 Å². The molecular weight excluding hydrogens is 142 g/mol. The van der Waals surface area contributed by atoms with Crippen LogP contribution in [0, 0.1) is 0 Å². The lowest BCUT2D eigenvalue weighted by Gasteiger charge is -2.16. The summed E-state index contributed by atoms with van der Waals surface area (Å²) in [5, 5.41) is 2.70. The molecule has 3 heteroatoms. The number of carbonyl (C=O) groups excluding carboxylic acids is 2. The van der Waals surface area contributed by atoms with Crippen molar-refractivity contribution in [2.45, 2.75) is 25.8 Å². The van der Waals surface area contributed by atoms with E-state index in [9.17, 15) is 9.59 Å². The number of rotatable bonds is 1. The molecule has 0 radical (unpaired) electrons. The molecule has 0 aromatic carbocycles. The number of carbonyl (C=O) groups is 2. The SMILES string of the molecule is CC(=O)NC1CC=CC(=O)C1. The van der Waals surface area contributed by atoms with Crippen molar-refractivity contribution in [1.82, 2.24) is 5.32 Å². The predicted molar refractivity (Wildman–Crippen MR) is 41.0 cm³/mol. The van der Waals surface area contributed by atoms with E-state index < -0.39 is 0 Å². The summed E-state index contributed by atoms with van der Waals surface area (Å²) in [6, 6.07) is 0.0185. The van der Waals surface area contributed by atoms with Crippen molar-refractivity contribution in [3.05, 3.63) is 12.2 Å². The molecule has 1 amide bonds. The zero-order valence-electron chi connectivity index (χ0n) is 6.46. The van der Waals surface area contributed by atoms with Gasteiger partial charge in [0.2, 0.25) is 5.91 Å². The lowest BCUT2D eigenvalue weighted by Crippen LogP contribution is -2.35. The monoisotopic (exact) mass is 153 g/mol. The Morgan fingerprint density at radius 3 is 3.00 bits per heavy atom. The molecule has 1 unspecified atom stereocenters. The van der Waals surface area contributed by atoms with E-state index in [1.165, 1.54) is 6.92 Å². The van der Waals surface area contributed by atoms with Crippen molar-refractivity contribution in [2.24, 2.45) is 0 Å². The quantitative estimate of drug-likeness (QED) is 0.593. The van der Waals surface area contributed by atoms with Crippen molar-refractivity contribution >= 4 is 11.7 Å². The molecule has 1 aliphatic carbocycles. The maximum Gasteiger partial charge on any atom is 0.217 e. The summed E-state index contributed by atoms with van der Waals surface area (Å²) >= 11 is 0. The lowest BCUT2D eigenvalue weighted by molar-refractivity contribution is -0.120.